The molecular weight excluding hydrogens is 1020 g/mol. The standard InChI is InChI=1S/C82H76O2/c1-7-11-15-17-19-21-23-25-29-59-35-43-63(44-36-59)77-73-55-65(83-5)47-49-67(73)69-51-53-71-76(62-41-33-58(34-42-62)28-14-10-4)82-72(75(81(71)79(69)77)61-39-31-57(32-40-61)27-13-9-3)54-52-70-68-50-48-66(84-6)56-74(68)78(80(70)82)64-45-37-60(38-46-64)30-26-24-22-20-18-16-12-8-2/h29,31-56,77-78H,1,8-10,12-14,16,18,20,22,24,26-28,30H2,2-6H3. The number of rotatable bonds is 22. The molecule has 2 aliphatic carbocycles. The summed E-state index contributed by atoms with van der Waals surface area (Å²) in [7, 11) is 3.57. The molecule has 0 fully saturated rings. The molecule has 0 amide bonds. The summed E-state index contributed by atoms with van der Waals surface area (Å²) in [6.45, 7) is 10.4. The molecule has 84 heavy (non-hydrogen) atoms. The van der Waals surface area contributed by atoms with Gasteiger partial charge in [0, 0.05) is 11.8 Å². The van der Waals surface area contributed by atoms with E-state index < -0.39 is 0 Å². The molecule has 9 aromatic carbocycles. The Balaban J connectivity index is 1.18. The lowest BCUT2D eigenvalue weighted by Crippen LogP contribution is -2.05. The Morgan fingerprint density at radius 2 is 0.810 bits per heavy atom. The summed E-state index contributed by atoms with van der Waals surface area (Å²) in [6.07, 6.45) is 20.4. The Bertz CT molecular complexity index is 4190. The van der Waals surface area contributed by atoms with Gasteiger partial charge in [0.1, 0.15) is 11.5 Å². The van der Waals surface area contributed by atoms with Crippen LogP contribution < -0.4 is 9.47 Å². The fourth-order valence-electron chi connectivity index (χ4n) is 13.3. The van der Waals surface area contributed by atoms with Crippen molar-refractivity contribution in [2.45, 2.75) is 129 Å². The summed E-state index contributed by atoms with van der Waals surface area (Å²) in [5.74, 6) is 1.58. The third-order valence-corrected chi connectivity index (χ3v) is 17.6. The Morgan fingerprint density at radius 3 is 1.27 bits per heavy atom. The fourth-order valence-corrected chi connectivity index (χ4v) is 13.3. The highest BCUT2D eigenvalue weighted by atomic mass is 16.5. The molecule has 2 unspecified atom stereocenters. The van der Waals surface area contributed by atoms with Gasteiger partial charge in [-0.15, -0.1) is 0 Å². The van der Waals surface area contributed by atoms with E-state index in [1.165, 1.54) is 167 Å². The molecule has 2 aliphatic rings. The van der Waals surface area contributed by atoms with E-state index >= 15 is 0 Å². The number of hydrogen-bond acceptors (Lipinski definition) is 2. The summed E-state index contributed by atoms with van der Waals surface area (Å²) >= 11 is 0. The van der Waals surface area contributed by atoms with Crippen LogP contribution in [-0.4, -0.2) is 14.2 Å². The highest BCUT2D eigenvalue weighted by Crippen LogP contribution is 2.59. The zero-order chi connectivity index (χ0) is 57.8. The first-order chi connectivity index (χ1) is 41.5. The molecule has 11 rings (SSSR count). The molecule has 2 nitrogen and oxygen atoms in total. The van der Waals surface area contributed by atoms with Crippen molar-refractivity contribution in [3.05, 3.63) is 266 Å². The molecule has 0 bridgehead atoms. The Labute approximate surface area is 499 Å². The second kappa shape index (κ2) is 27.0. The van der Waals surface area contributed by atoms with Crippen LogP contribution in [-0.2, 0) is 19.3 Å². The zero-order valence-electron chi connectivity index (χ0n) is 49.9. The van der Waals surface area contributed by atoms with Crippen LogP contribution in [0.25, 0.3) is 72.1 Å². The average molecular weight is 1090 g/mol. The van der Waals surface area contributed by atoms with Crippen LogP contribution >= 0.6 is 0 Å². The Morgan fingerprint density at radius 1 is 0.405 bits per heavy atom. The van der Waals surface area contributed by atoms with Crippen LogP contribution in [0, 0.1) is 0 Å². The number of aryl methyl sites for hydroxylation is 3. The Kier molecular flexibility index (Phi) is 18.3. The van der Waals surface area contributed by atoms with Crippen molar-refractivity contribution in [1.82, 2.24) is 0 Å². The van der Waals surface area contributed by atoms with Gasteiger partial charge in [-0.05, 0) is 232 Å². The summed E-state index contributed by atoms with van der Waals surface area (Å²) in [5.41, 5.74) is 45.0. The molecular formula is C82H76O2. The highest BCUT2D eigenvalue weighted by Gasteiger charge is 2.38. The van der Waals surface area contributed by atoms with Gasteiger partial charge >= 0.3 is 0 Å². The molecule has 9 aromatic rings. The molecule has 0 radical (unpaired) electrons. The summed E-state index contributed by atoms with van der Waals surface area (Å²) < 4.78 is 12.1. The number of benzene rings is 9. The third-order valence-electron chi connectivity index (χ3n) is 17.6. The van der Waals surface area contributed by atoms with E-state index in [9.17, 15) is 0 Å². The molecule has 0 heterocycles. The summed E-state index contributed by atoms with van der Waals surface area (Å²) in [6, 6.07) is 61.1. The molecule has 0 N–H and O–H groups in total. The number of ether oxygens (including phenoxy) is 2. The monoisotopic (exact) mass is 1090 g/mol. The maximum absolute atomic E-state index is 6.07. The summed E-state index contributed by atoms with van der Waals surface area (Å²) in [4.78, 5) is 0. The SMILES string of the molecule is C=C=C=C=C=C=C=C=C=Cc1ccc(C2c3cc(OC)ccc3-c3ccc4c(-c5ccc(CCCC)cc5)c5c6c(ccc5c(-c5ccc(CCCC)cc5)c4c32)-c2ccc(OC)cc2C6c2ccc(CCCCCCCCCC)cc2)cc1. The molecule has 2 heteroatoms. The van der Waals surface area contributed by atoms with Crippen molar-refractivity contribution >= 4 is 27.6 Å². The number of fused-ring (bicyclic) bond motifs is 10. The molecule has 0 saturated heterocycles. The second-order valence-corrected chi connectivity index (χ2v) is 22.9. The Hall–Kier alpha value is -8.92. The lowest BCUT2D eigenvalue weighted by Gasteiger charge is -2.26. The van der Waals surface area contributed by atoms with Gasteiger partial charge in [-0.1, -0.05) is 223 Å². The van der Waals surface area contributed by atoms with Crippen LogP contribution in [0.4, 0.5) is 0 Å². The normalized spacial score (nSPS) is 13.2. The van der Waals surface area contributed by atoms with Gasteiger partial charge in [-0.25, -0.2) is 0 Å². The quantitative estimate of drug-likeness (QED) is 0.0383. The maximum Gasteiger partial charge on any atom is 0.119 e. The van der Waals surface area contributed by atoms with E-state index in [1.54, 1.807) is 14.2 Å². The largest absolute Gasteiger partial charge is 0.497 e. The van der Waals surface area contributed by atoms with Gasteiger partial charge in [0.25, 0.3) is 0 Å². The molecule has 0 aliphatic heterocycles. The maximum atomic E-state index is 6.07. The minimum atomic E-state index is -0.104. The molecule has 0 spiro atoms. The third kappa shape index (κ3) is 11.8. The van der Waals surface area contributed by atoms with Crippen molar-refractivity contribution in [3.63, 3.8) is 0 Å². The van der Waals surface area contributed by atoms with Crippen LogP contribution in [0.1, 0.15) is 165 Å². The van der Waals surface area contributed by atoms with Crippen LogP contribution in [0.2, 0.25) is 0 Å². The minimum Gasteiger partial charge on any atom is -0.497 e. The molecule has 0 saturated carbocycles. The number of methoxy groups -OCH3 is 2. The van der Waals surface area contributed by atoms with Crippen LogP contribution in [0.5, 0.6) is 11.5 Å². The first kappa shape index (κ1) is 56.9. The van der Waals surface area contributed by atoms with Crippen molar-refractivity contribution in [2.75, 3.05) is 14.2 Å². The van der Waals surface area contributed by atoms with Gasteiger partial charge in [-0.2, -0.15) is 0 Å². The van der Waals surface area contributed by atoms with Gasteiger partial charge in [0.2, 0.25) is 0 Å². The van der Waals surface area contributed by atoms with Crippen molar-refractivity contribution < 1.29 is 9.47 Å². The van der Waals surface area contributed by atoms with E-state index in [0.29, 0.717) is 0 Å². The van der Waals surface area contributed by atoms with E-state index in [2.05, 4.69) is 231 Å². The van der Waals surface area contributed by atoms with E-state index in [-0.39, 0.29) is 11.8 Å². The molecule has 2 atom stereocenters. The minimum absolute atomic E-state index is 0.0340. The van der Waals surface area contributed by atoms with Crippen LogP contribution in [0.3, 0.4) is 0 Å². The van der Waals surface area contributed by atoms with Crippen molar-refractivity contribution in [1.29, 1.82) is 0 Å². The topological polar surface area (TPSA) is 18.5 Å². The van der Waals surface area contributed by atoms with Crippen molar-refractivity contribution in [2.24, 2.45) is 0 Å². The number of hydrogen-bond donors (Lipinski definition) is 0. The van der Waals surface area contributed by atoms with Gasteiger partial charge in [-0.3, -0.25) is 0 Å². The lowest BCUT2D eigenvalue weighted by molar-refractivity contribution is 0.414. The first-order valence-corrected chi connectivity index (χ1v) is 30.9. The smallest absolute Gasteiger partial charge is 0.119 e. The number of unbranched alkanes of at least 4 members (excludes halogenated alkanes) is 9. The fraction of sp³-hybridized carbons (Fsp3) is 0.268. The second-order valence-electron chi connectivity index (χ2n) is 22.9. The predicted molar refractivity (Wildman–Crippen MR) is 353 cm³/mol. The van der Waals surface area contributed by atoms with E-state index in [0.717, 1.165) is 62.0 Å². The van der Waals surface area contributed by atoms with Gasteiger partial charge in [0.05, 0.1) is 14.2 Å². The van der Waals surface area contributed by atoms with Crippen LogP contribution in [0.15, 0.2) is 210 Å². The summed E-state index contributed by atoms with van der Waals surface area (Å²) in [5, 5.41) is 5.11. The lowest BCUT2D eigenvalue weighted by atomic mass is 9.76. The average Bonchev–Trinajstić information content (AvgIpc) is 1.46. The highest BCUT2D eigenvalue weighted by molar-refractivity contribution is 6.26. The predicted octanol–water partition coefficient (Wildman–Crippen LogP) is 21.9. The van der Waals surface area contributed by atoms with Crippen molar-refractivity contribution in [3.8, 4) is 56.0 Å². The zero-order valence-corrected chi connectivity index (χ0v) is 49.9. The van der Waals surface area contributed by atoms with E-state index in [1.807, 2.05) is 6.08 Å². The van der Waals surface area contributed by atoms with E-state index in [4.69, 9.17) is 9.47 Å². The van der Waals surface area contributed by atoms with Gasteiger partial charge < -0.3 is 9.47 Å². The van der Waals surface area contributed by atoms with Gasteiger partial charge in [0.15, 0.2) is 0 Å². The first-order valence-electron chi connectivity index (χ1n) is 30.9. The molecule has 0 aromatic heterocycles. The molecule has 416 valence electrons.